The van der Waals surface area contributed by atoms with E-state index in [9.17, 15) is 9.59 Å². The third kappa shape index (κ3) is 3.22. The summed E-state index contributed by atoms with van der Waals surface area (Å²) in [5.74, 6) is 0.0204. The quantitative estimate of drug-likeness (QED) is 0.785. The lowest BCUT2D eigenvalue weighted by Gasteiger charge is -2.35. The van der Waals surface area contributed by atoms with E-state index < -0.39 is 0 Å². The lowest BCUT2D eigenvalue weighted by Crippen LogP contribution is -2.41. The molecule has 1 aromatic heterocycles. The minimum Gasteiger partial charge on any atom is -0.326 e. The van der Waals surface area contributed by atoms with Crippen LogP contribution in [-0.2, 0) is 11.2 Å². The van der Waals surface area contributed by atoms with Crippen LogP contribution in [0, 0.1) is 0 Å². The summed E-state index contributed by atoms with van der Waals surface area (Å²) in [5, 5.41) is 12.7. The van der Waals surface area contributed by atoms with Crippen LogP contribution in [0.4, 0.5) is 16.2 Å². The Morgan fingerprint density at radius 1 is 1.28 bits per heavy atom. The van der Waals surface area contributed by atoms with Gasteiger partial charge in [0.05, 0.1) is 12.2 Å². The first-order valence-electron chi connectivity index (χ1n) is 8.70. The first-order valence-corrected chi connectivity index (χ1v) is 8.70. The van der Waals surface area contributed by atoms with Gasteiger partial charge >= 0.3 is 6.03 Å². The van der Waals surface area contributed by atoms with Crippen LogP contribution in [0.1, 0.15) is 42.9 Å². The number of aromatic amines is 1. The molecule has 0 radical (unpaired) electrons. The predicted octanol–water partition coefficient (Wildman–Crippen LogP) is 3.05. The Morgan fingerprint density at radius 3 is 3.04 bits per heavy atom. The molecule has 1 unspecified atom stereocenters. The van der Waals surface area contributed by atoms with Crippen LogP contribution in [0.25, 0.3) is 0 Å². The fourth-order valence-corrected chi connectivity index (χ4v) is 3.61. The number of anilines is 2. The second kappa shape index (κ2) is 6.58. The molecule has 0 bridgehead atoms. The molecule has 2 aliphatic heterocycles. The Hall–Kier alpha value is -2.83. The van der Waals surface area contributed by atoms with Crippen LogP contribution in [0.2, 0.25) is 0 Å². The Balaban J connectivity index is 1.51. The number of fused-ring (bicyclic) bond motifs is 1. The molecular weight excluding hydrogens is 318 g/mol. The van der Waals surface area contributed by atoms with E-state index in [0.717, 1.165) is 49.0 Å². The molecular formula is C18H21N5O2. The van der Waals surface area contributed by atoms with Crippen LogP contribution in [-0.4, -0.2) is 33.6 Å². The maximum absolute atomic E-state index is 12.8. The number of rotatable bonds is 2. The molecule has 7 nitrogen and oxygen atoms in total. The van der Waals surface area contributed by atoms with Crippen molar-refractivity contribution in [1.29, 1.82) is 0 Å². The molecule has 130 valence electrons. The van der Waals surface area contributed by atoms with E-state index in [0.29, 0.717) is 12.1 Å². The Labute approximate surface area is 145 Å². The normalized spacial score (nSPS) is 19.9. The van der Waals surface area contributed by atoms with Crippen LogP contribution >= 0.6 is 0 Å². The number of benzene rings is 1. The highest BCUT2D eigenvalue weighted by molar-refractivity contribution is 5.96. The molecule has 7 heteroatoms. The minimum atomic E-state index is -0.118. The van der Waals surface area contributed by atoms with Gasteiger partial charge in [0.15, 0.2) is 0 Å². The number of hydrogen-bond donors (Lipinski definition) is 3. The van der Waals surface area contributed by atoms with Gasteiger partial charge in [-0.15, -0.1) is 0 Å². The van der Waals surface area contributed by atoms with Crippen LogP contribution in [0.5, 0.6) is 0 Å². The zero-order chi connectivity index (χ0) is 17.2. The van der Waals surface area contributed by atoms with E-state index in [1.807, 2.05) is 29.3 Å². The van der Waals surface area contributed by atoms with Crippen molar-refractivity contribution in [3.63, 3.8) is 0 Å². The van der Waals surface area contributed by atoms with Gasteiger partial charge in [0.25, 0.3) is 0 Å². The molecule has 2 aliphatic rings. The first-order chi connectivity index (χ1) is 12.2. The molecule has 25 heavy (non-hydrogen) atoms. The number of carbonyl (C=O) groups excluding carboxylic acids is 2. The maximum Gasteiger partial charge on any atom is 0.322 e. The molecule has 1 aromatic carbocycles. The van der Waals surface area contributed by atoms with Gasteiger partial charge < -0.3 is 15.5 Å². The summed E-state index contributed by atoms with van der Waals surface area (Å²) in [7, 11) is 0. The molecule has 0 aliphatic carbocycles. The predicted molar refractivity (Wildman–Crippen MR) is 94.3 cm³/mol. The molecule has 3 amide bonds. The number of likely N-dealkylation sites (tertiary alicyclic amines) is 1. The molecule has 1 fully saturated rings. The zero-order valence-corrected chi connectivity index (χ0v) is 13.9. The van der Waals surface area contributed by atoms with Gasteiger partial charge in [0.2, 0.25) is 5.91 Å². The van der Waals surface area contributed by atoms with Crippen LogP contribution < -0.4 is 10.6 Å². The van der Waals surface area contributed by atoms with E-state index in [2.05, 4.69) is 20.8 Å². The van der Waals surface area contributed by atoms with E-state index >= 15 is 0 Å². The standard InChI is InChI=1S/C18H21N5O2/c24-17-7-5-12-4-6-14(9-15(12)22-17)21-18(25)23-8-2-1-3-16(23)13-10-19-20-11-13/h4,6,9-11,16H,1-3,5,7-8H2,(H,19,20)(H,21,25)(H,22,24). The number of nitrogens with zero attached hydrogens (tertiary/aromatic N) is 2. The number of nitrogens with one attached hydrogen (secondary N) is 3. The second-order valence-corrected chi connectivity index (χ2v) is 6.59. The number of carbonyl (C=O) groups is 2. The topological polar surface area (TPSA) is 90.1 Å². The highest BCUT2D eigenvalue weighted by Gasteiger charge is 2.28. The van der Waals surface area contributed by atoms with Crippen molar-refractivity contribution in [2.45, 2.75) is 38.1 Å². The van der Waals surface area contributed by atoms with Crippen molar-refractivity contribution in [1.82, 2.24) is 15.1 Å². The lowest BCUT2D eigenvalue weighted by atomic mass is 9.98. The maximum atomic E-state index is 12.8. The molecule has 3 N–H and O–H groups in total. The van der Waals surface area contributed by atoms with Gasteiger partial charge in [0.1, 0.15) is 0 Å². The minimum absolute atomic E-state index is 0.0204. The van der Waals surface area contributed by atoms with Crippen molar-refractivity contribution < 1.29 is 9.59 Å². The average molecular weight is 339 g/mol. The summed E-state index contributed by atoms with van der Waals surface area (Å²) in [6.45, 7) is 0.726. The van der Waals surface area contributed by atoms with E-state index in [-0.39, 0.29) is 18.0 Å². The van der Waals surface area contributed by atoms with Crippen molar-refractivity contribution >= 4 is 23.3 Å². The van der Waals surface area contributed by atoms with E-state index in [1.165, 1.54) is 0 Å². The number of urea groups is 1. The van der Waals surface area contributed by atoms with E-state index in [1.54, 1.807) is 6.20 Å². The molecule has 2 aromatic rings. The van der Waals surface area contributed by atoms with Crippen LogP contribution in [0.15, 0.2) is 30.6 Å². The van der Waals surface area contributed by atoms with E-state index in [4.69, 9.17) is 0 Å². The number of piperidine rings is 1. The molecule has 1 atom stereocenters. The van der Waals surface area contributed by atoms with Crippen molar-refractivity contribution in [3.05, 3.63) is 41.7 Å². The average Bonchev–Trinajstić information content (AvgIpc) is 3.16. The van der Waals surface area contributed by atoms with Crippen molar-refractivity contribution in [2.75, 3.05) is 17.2 Å². The summed E-state index contributed by atoms with van der Waals surface area (Å²) in [6.07, 6.45) is 7.93. The SMILES string of the molecule is O=C1CCc2ccc(NC(=O)N3CCCCC3c3cn[nH]c3)cc2N1. The number of aromatic nitrogens is 2. The van der Waals surface area contributed by atoms with Gasteiger partial charge in [-0.1, -0.05) is 6.07 Å². The van der Waals surface area contributed by atoms with Gasteiger partial charge in [-0.25, -0.2) is 4.79 Å². The number of hydrogen-bond acceptors (Lipinski definition) is 3. The van der Waals surface area contributed by atoms with Gasteiger partial charge in [-0.2, -0.15) is 5.10 Å². The van der Waals surface area contributed by atoms with Crippen LogP contribution in [0.3, 0.4) is 0 Å². The van der Waals surface area contributed by atoms with Crippen molar-refractivity contribution in [2.24, 2.45) is 0 Å². The van der Waals surface area contributed by atoms with Gasteiger partial charge in [-0.05, 0) is 43.4 Å². The third-order valence-electron chi connectivity index (χ3n) is 4.92. The second-order valence-electron chi connectivity index (χ2n) is 6.59. The summed E-state index contributed by atoms with van der Waals surface area (Å²) >= 11 is 0. The summed E-state index contributed by atoms with van der Waals surface area (Å²) < 4.78 is 0. The fraction of sp³-hybridized carbons (Fsp3) is 0.389. The number of aryl methyl sites for hydroxylation is 1. The smallest absolute Gasteiger partial charge is 0.322 e. The highest BCUT2D eigenvalue weighted by atomic mass is 16.2. The van der Waals surface area contributed by atoms with Gasteiger partial charge in [-0.3, -0.25) is 9.89 Å². The summed E-state index contributed by atoms with van der Waals surface area (Å²) in [4.78, 5) is 26.2. The van der Waals surface area contributed by atoms with Gasteiger partial charge in [0, 0.05) is 36.1 Å². The summed E-state index contributed by atoms with van der Waals surface area (Å²) in [6, 6.07) is 5.62. The molecule has 0 spiro atoms. The largest absolute Gasteiger partial charge is 0.326 e. The molecule has 3 heterocycles. The Morgan fingerprint density at radius 2 is 2.20 bits per heavy atom. The zero-order valence-electron chi connectivity index (χ0n) is 13.9. The lowest BCUT2D eigenvalue weighted by molar-refractivity contribution is -0.116. The fourth-order valence-electron chi connectivity index (χ4n) is 3.61. The van der Waals surface area contributed by atoms with Crippen molar-refractivity contribution in [3.8, 4) is 0 Å². The first kappa shape index (κ1) is 15.7. The number of H-pyrrole nitrogens is 1. The Bertz CT molecular complexity index is 787. The summed E-state index contributed by atoms with van der Waals surface area (Å²) in [5.41, 5.74) is 3.63. The highest BCUT2D eigenvalue weighted by Crippen LogP contribution is 2.31. The molecule has 4 rings (SSSR count). The molecule has 0 saturated carbocycles. The Kier molecular flexibility index (Phi) is 4.13. The number of amides is 3. The molecule has 1 saturated heterocycles. The third-order valence-corrected chi connectivity index (χ3v) is 4.92. The monoisotopic (exact) mass is 339 g/mol.